The van der Waals surface area contributed by atoms with E-state index in [-0.39, 0.29) is 5.56 Å². The zero-order chi connectivity index (χ0) is 17.4. The minimum atomic E-state index is -0.463. The van der Waals surface area contributed by atoms with Crippen molar-refractivity contribution < 1.29 is 5.11 Å². The van der Waals surface area contributed by atoms with Gasteiger partial charge in [0.05, 0.1) is 22.8 Å². The molecule has 2 aliphatic rings. The molecule has 1 aromatic carbocycles. The Morgan fingerprint density at radius 1 is 1.16 bits per heavy atom. The van der Waals surface area contributed by atoms with Gasteiger partial charge in [-0.3, -0.25) is 9.69 Å². The van der Waals surface area contributed by atoms with Crippen LogP contribution in [-0.2, 0) is 7.05 Å². The average molecular weight is 342 g/mol. The second kappa shape index (κ2) is 6.42. The Kier molecular flexibility index (Phi) is 4.25. The van der Waals surface area contributed by atoms with E-state index in [0.29, 0.717) is 5.39 Å². The average Bonchev–Trinajstić information content (AvgIpc) is 3.05. The number of piperazine rings is 1. The molecule has 0 unspecified atom stereocenters. The van der Waals surface area contributed by atoms with Gasteiger partial charge < -0.3 is 14.6 Å². The number of hydrogen-bond acceptors (Lipinski definition) is 5. The molecule has 2 heterocycles. The topological polar surface area (TPSA) is 61.6 Å². The van der Waals surface area contributed by atoms with Crippen molar-refractivity contribution in [3.8, 4) is 0 Å². The molecular formula is C19H26N4O2. The molecule has 1 N–H and O–H groups in total. The van der Waals surface area contributed by atoms with E-state index < -0.39 is 5.60 Å². The lowest BCUT2D eigenvalue weighted by molar-refractivity contribution is 0.00803. The van der Waals surface area contributed by atoms with Crippen molar-refractivity contribution in [3.05, 3.63) is 34.9 Å². The van der Waals surface area contributed by atoms with Gasteiger partial charge in [-0.25, -0.2) is 4.98 Å². The zero-order valence-corrected chi connectivity index (χ0v) is 14.8. The highest BCUT2D eigenvalue weighted by Crippen LogP contribution is 2.30. The quantitative estimate of drug-likeness (QED) is 0.913. The first-order chi connectivity index (χ1) is 12.0. The Bertz CT molecular complexity index is 818. The first-order valence-electron chi connectivity index (χ1n) is 9.19. The van der Waals surface area contributed by atoms with Crippen molar-refractivity contribution in [2.75, 3.05) is 37.6 Å². The summed E-state index contributed by atoms with van der Waals surface area (Å²) in [6, 6.07) is 5.91. The number of nitrogens with zero attached hydrogens (tertiary/aromatic N) is 4. The van der Waals surface area contributed by atoms with Crippen molar-refractivity contribution in [2.45, 2.75) is 31.3 Å². The molecule has 2 aromatic rings. The summed E-state index contributed by atoms with van der Waals surface area (Å²) in [4.78, 5) is 21.2. The van der Waals surface area contributed by atoms with Crippen molar-refractivity contribution in [2.24, 2.45) is 7.05 Å². The summed E-state index contributed by atoms with van der Waals surface area (Å²) in [5.41, 5.74) is 1.40. The number of fused-ring (bicyclic) bond motifs is 1. The molecule has 0 radical (unpaired) electrons. The summed E-state index contributed by atoms with van der Waals surface area (Å²) in [6.07, 6.45) is 5.77. The molecule has 1 aliphatic carbocycles. The van der Waals surface area contributed by atoms with Crippen LogP contribution in [0.25, 0.3) is 10.9 Å². The van der Waals surface area contributed by atoms with Gasteiger partial charge in [0.1, 0.15) is 0 Å². The second-order valence-corrected chi connectivity index (χ2v) is 7.56. The van der Waals surface area contributed by atoms with E-state index in [1.54, 1.807) is 13.4 Å². The van der Waals surface area contributed by atoms with E-state index in [4.69, 9.17) is 0 Å². The van der Waals surface area contributed by atoms with Crippen LogP contribution >= 0.6 is 0 Å². The minimum Gasteiger partial charge on any atom is -0.389 e. The maximum atomic E-state index is 12.1. The predicted molar refractivity (Wildman–Crippen MR) is 99.1 cm³/mol. The Balaban J connectivity index is 1.44. The first kappa shape index (κ1) is 16.5. The first-order valence-corrected chi connectivity index (χ1v) is 9.19. The summed E-state index contributed by atoms with van der Waals surface area (Å²) in [6.45, 7) is 4.60. The van der Waals surface area contributed by atoms with Gasteiger partial charge in [-0.15, -0.1) is 0 Å². The van der Waals surface area contributed by atoms with Gasteiger partial charge in [0, 0.05) is 45.5 Å². The molecule has 1 saturated heterocycles. The number of aryl methyl sites for hydroxylation is 1. The van der Waals surface area contributed by atoms with E-state index in [2.05, 4.69) is 14.8 Å². The fourth-order valence-corrected chi connectivity index (χ4v) is 4.17. The third-order valence-corrected chi connectivity index (χ3v) is 5.69. The van der Waals surface area contributed by atoms with Crippen LogP contribution in [0.15, 0.2) is 29.3 Å². The molecule has 6 heteroatoms. The number of rotatable bonds is 3. The highest BCUT2D eigenvalue weighted by atomic mass is 16.3. The SMILES string of the molecule is Cn1cnc2cc(N3CCN(CC4(O)CCCC4)CC3)ccc2c1=O. The van der Waals surface area contributed by atoms with E-state index >= 15 is 0 Å². The molecule has 0 bridgehead atoms. The third kappa shape index (κ3) is 3.28. The lowest BCUT2D eigenvalue weighted by Gasteiger charge is -2.39. The second-order valence-electron chi connectivity index (χ2n) is 7.56. The van der Waals surface area contributed by atoms with Crippen molar-refractivity contribution in [1.82, 2.24) is 14.5 Å². The Labute approximate surface area is 147 Å². The predicted octanol–water partition coefficient (Wildman–Crippen LogP) is 1.36. The molecule has 1 saturated carbocycles. The summed E-state index contributed by atoms with van der Waals surface area (Å²) in [5.74, 6) is 0. The van der Waals surface area contributed by atoms with Gasteiger partial charge >= 0.3 is 0 Å². The number of anilines is 1. The van der Waals surface area contributed by atoms with Gasteiger partial charge in [0.25, 0.3) is 5.56 Å². The molecule has 6 nitrogen and oxygen atoms in total. The molecule has 1 aromatic heterocycles. The summed E-state index contributed by atoms with van der Waals surface area (Å²) in [7, 11) is 1.72. The van der Waals surface area contributed by atoms with Crippen LogP contribution < -0.4 is 10.5 Å². The van der Waals surface area contributed by atoms with Gasteiger partial charge in [-0.05, 0) is 31.0 Å². The highest BCUT2D eigenvalue weighted by Gasteiger charge is 2.33. The lowest BCUT2D eigenvalue weighted by Crippen LogP contribution is -2.51. The summed E-state index contributed by atoms with van der Waals surface area (Å²) >= 11 is 0. The molecule has 0 atom stereocenters. The number of aliphatic hydroxyl groups is 1. The van der Waals surface area contributed by atoms with Gasteiger partial charge in [-0.1, -0.05) is 12.8 Å². The van der Waals surface area contributed by atoms with Crippen molar-refractivity contribution >= 4 is 16.6 Å². The normalized spacial score (nSPS) is 21.1. The molecule has 134 valence electrons. The zero-order valence-electron chi connectivity index (χ0n) is 14.8. The van der Waals surface area contributed by atoms with E-state index in [0.717, 1.165) is 69.6 Å². The Morgan fingerprint density at radius 3 is 2.60 bits per heavy atom. The lowest BCUT2D eigenvalue weighted by atomic mass is 10.0. The smallest absolute Gasteiger partial charge is 0.260 e. The van der Waals surface area contributed by atoms with Crippen molar-refractivity contribution in [1.29, 1.82) is 0 Å². The van der Waals surface area contributed by atoms with Crippen molar-refractivity contribution in [3.63, 3.8) is 0 Å². The molecular weight excluding hydrogens is 316 g/mol. The van der Waals surface area contributed by atoms with Gasteiger partial charge in [0.15, 0.2) is 0 Å². The standard InChI is InChI=1S/C19H26N4O2/c1-21-14-20-17-12-15(4-5-16(17)18(21)24)23-10-8-22(9-11-23)13-19(25)6-2-3-7-19/h4-5,12,14,25H,2-3,6-11,13H2,1H3. The molecule has 0 spiro atoms. The number of β-amino-alcohol motifs (C(OH)–C–C–N with tert-alkyl or cyclic N) is 1. The van der Waals surface area contributed by atoms with E-state index in [1.165, 1.54) is 4.57 Å². The van der Waals surface area contributed by atoms with E-state index in [1.807, 2.05) is 18.2 Å². The van der Waals surface area contributed by atoms with Gasteiger partial charge in [-0.2, -0.15) is 0 Å². The van der Waals surface area contributed by atoms with Crippen LogP contribution in [0.2, 0.25) is 0 Å². The molecule has 4 rings (SSSR count). The van der Waals surface area contributed by atoms with Crippen LogP contribution in [0, 0.1) is 0 Å². The number of hydrogen-bond donors (Lipinski definition) is 1. The summed E-state index contributed by atoms with van der Waals surface area (Å²) in [5, 5.41) is 11.3. The van der Waals surface area contributed by atoms with Crippen LogP contribution in [0.5, 0.6) is 0 Å². The largest absolute Gasteiger partial charge is 0.389 e. The van der Waals surface area contributed by atoms with Crippen LogP contribution in [0.1, 0.15) is 25.7 Å². The molecule has 1 aliphatic heterocycles. The number of aromatic nitrogens is 2. The monoisotopic (exact) mass is 342 g/mol. The highest BCUT2D eigenvalue weighted by molar-refractivity contribution is 5.81. The Morgan fingerprint density at radius 2 is 1.88 bits per heavy atom. The molecule has 0 amide bonds. The molecule has 2 fully saturated rings. The van der Waals surface area contributed by atoms with E-state index in [9.17, 15) is 9.90 Å². The Hall–Kier alpha value is -1.92. The van der Waals surface area contributed by atoms with Crippen LogP contribution in [0.3, 0.4) is 0 Å². The third-order valence-electron chi connectivity index (χ3n) is 5.69. The minimum absolute atomic E-state index is 0.00817. The fraction of sp³-hybridized carbons (Fsp3) is 0.579. The molecule has 25 heavy (non-hydrogen) atoms. The fourth-order valence-electron chi connectivity index (χ4n) is 4.17. The maximum Gasteiger partial charge on any atom is 0.260 e. The maximum absolute atomic E-state index is 12.1. The van der Waals surface area contributed by atoms with Gasteiger partial charge in [0.2, 0.25) is 0 Å². The summed E-state index contributed by atoms with van der Waals surface area (Å²) < 4.78 is 1.51. The van der Waals surface area contributed by atoms with Crippen LogP contribution in [-0.4, -0.2) is 57.9 Å². The number of benzene rings is 1. The van der Waals surface area contributed by atoms with Crippen LogP contribution in [0.4, 0.5) is 5.69 Å².